The normalized spacial score (nSPS) is 20.6. The van der Waals surface area contributed by atoms with Gasteiger partial charge in [0.2, 0.25) is 5.91 Å². The second kappa shape index (κ2) is 7.21. The van der Waals surface area contributed by atoms with Gasteiger partial charge < -0.3 is 19.1 Å². The molecule has 126 valence electrons. The number of nitrogens with zero attached hydrogens (tertiary/aromatic N) is 1. The summed E-state index contributed by atoms with van der Waals surface area (Å²) in [5, 5.41) is 0. The molecule has 1 heterocycles. The molecule has 0 radical (unpaired) electrons. The number of hydrogen-bond acceptors (Lipinski definition) is 4. The Morgan fingerprint density at radius 3 is 2.65 bits per heavy atom. The summed E-state index contributed by atoms with van der Waals surface area (Å²) in [6.07, 6.45) is 4.15. The van der Waals surface area contributed by atoms with Crippen molar-refractivity contribution in [2.24, 2.45) is 5.92 Å². The summed E-state index contributed by atoms with van der Waals surface area (Å²) in [6.45, 7) is 2.38. The molecule has 1 atom stereocenters. The summed E-state index contributed by atoms with van der Waals surface area (Å²) in [4.78, 5) is 14.4. The molecule has 1 aliphatic heterocycles. The molecule has 1 saturated carbocycles. The molecule has 5 heteroatoms. The number of hydrogen-bond donors (Lipinski definition) is 0. The maximum atomic E-state index is 12.5. The van der Waals surface area contributed by atoms with Crippen LogP contribution in [0.25, 0.3) is 0 Å². The van der Waals surface area contributed by atoms with Gasteiger partial charge in [0.1, 0.15) is 0 Å². The summed E-state index contributed by atoms with van der Waals surface area (Å²) < 4.78 is 16.4. The van der Waals surface area contributed by atoms with E-state index in [-0.39, 0.29) is 12.0 Å². The lowest BCUT2D eigenvalue weighted by molar-refractivity contribution is -0.130. The third-order valence-corrected chi connectivity index (χ3v) is 4.57. The van der Waals surface area contributed by atoms with Crippen LogP contribution in [0.3, 0.4) is 0 Å². The number of carbonyl (C=O) groups is 1. The van der Waals surface area contributed by atoms with E-state index in [1.807, 2.05) is 23.1 Å². The second-order valence-electron chi connectivity index (χ2n) is 6.39. The van der Waals surface area contributed by atoms with E-state index in [4.69, 9.17) is 14.2 Å². The number of likely N-dealkylation sites (tertiary alicyclic amines) is 1. The van der Waals surface area contributed by atoms with Gasteiger partial charge in [0.05, 0.1) is 26.7 Å². The Hall–Kier alpha value is -1.75. The maximum Gasteiger partial charge on any atom is 0.227 e. The van der Waals surface area contributed by atoms with Crippen LogP contribution in [0.4, 0.5) is 0 Å². The lowest BCUT2D eigenvalue weighted by Gasteiger charge is -2.17. The molecule has 2 fully saturated rings. The Kier molecular flexibility index (Phi) is 5.06. The molecule has 1 saturated heterocycles. The molecule has 0 N–H and O–H groups in total. The molecule has 0 unspecified atom stereocenters. The van der Waals surface area contributed by atoms with Crippen LogP contribution in [0.15, 0.2) is 18.2 Å². The number of rotatable bonds is 7. The highest BCUT2D eigenvalue weighted by molar-refractivity contribution is 5.79. The maximum absolute atomic E-state index is 12.5. The fourth-order valence-electron chi connectivity index (χ4n) is 2.92. The first kappa shape index (κ1) is 16.1. The van der Waals surface area contributed by atoms with Crippen LogP contribution in [0.1, 0.15) is 24.8 Å². The Morgan fingerprint density at radius 1 is 1.17 bits per heavy atom. The van der Waals surface area contributed by atoms with Crippen molar-refractivity contribution in [1.82, 2.24) is 4.90 Å². The first-order valence-corrected chi connectivity index (χ1v) is 8.30. The summed E-state index contributed by atoms with van der Waals surface area (Å²) in [5.41, 5.74) is 0.940. The van der Waals surface area contributed by atoms with Gasteiger partial charge in [-0.1, -0.05) is 6.07 Å². The van der Waals surface area contributed by atoms with Gasteiger partial charge >= 0.3 is 0 Å². The van der Waals surface area contributed by atoms with E-state index in [1.165, 1.54) is 12.8 Å². The van der Waals surface area contributed by atoms with Crippen molar-refractivity contribution in [1.29, 1.82) is 0 Å². The second-order valence-corrected chi connectivity index (χ2v) is 6.39. The minimum atomic E-state index is 0.148. The third kappa shape index (κ3) is 4.16. The fourth-order valence-corrected chi connectivity index (χ4v) is 2.92. The van der Waals surface area contributed by atoms with E-state index in [9.17, 15) is 4.79 Å². The molecule has 23 heavy (non-hydrogen) atoms. The lowest BCUT2D eigenvalue weighted by atomic mass is 10.1. The van der Waals surface area contributed by atoms with Crippen LogP contribution in [0.5, 0.6) is 11.5 Å². The largest absolute Gasteiger partial charge is 0.493 e. The Morgan fingerprint density at radius 2 is 1.96 bits per heavy atom. The number of amides is 1. The molecule has 1 amide bonds. The highest BCUT2D eigenvalue weighted by atomic mass is 16.5. The van der Waals surface area contributed by atoms with E-state index in [0.717, 1.165) is 37.6 Å². The predicted octanol–water partition coefficient (Wildman–Crippen LogP) is 2.27. The first-order valence-electron chi connectivity index (χ1n) is 8.30. The van der Waals surface area contributed by atoms with Crippen molar-refractivity contribution in [3.8, 4) is 11.5 Å². The smallest absolute Gasteiger partial charge is 0.227 e. The standard InChI is InChI=1S/C18H25NO4/c1-21-16-6-5-14(9-17(16)22-2)10-18(20)19-8-7-15(11-19)23-12-13-3-4-13/h5-6,9,13,15H,3-4,7-8,10-12H2,1-2H3/t15-/m0/s1. The number of methoxy groups -OCH3 is 2. The van der Waals surface area contributed by atoms with Crippen molar-refractivity contribution in [2.75, 3.05) is 33.9 Å². The summed E-state index contributed by atoms with van der Waals surface area (Å²) in [5.74, 6) is 2.25. The van der Waals surface area contributed by atoms with Gasteiger partial charge in [0, 0.05) is 19.7 Å². The number of benzene rings is 1. The zero-order valence-corrected chi connectivity index (χ0v) is 13.9. The lowest BCUT2D eigenvalue weighted by Crippen LogP contribution is -2.31. The molecular weight excluding hydrogens is 294 g/mol. The van der Waals surface area contributed by atoms with Crippen LogP contribution >= 0.6 is 0 Å². The molecule has 5 nitrogen and oxygen atoms in total. The highest BCUT2D eigenvalue weighted by Gasteiger charge is 2.29. The quantitative estimate of drug-likeness (QED) is 0.773. The topological polar surface area (TPSA) is 48.0 Å². The molecule has 0 bridgehead atoms. The van der Waals surface area contributed by atoms with Crippen molar-refractivity contribution < 1.29 is 19.0 Å². The van der Waals surface area contributed by atoms with Crippen LogP contribution in [-0.4, -0.2) is 50.8 Å². The van der Waals surface area contributed by atoms with Crippen molar-refractivity contribution >= 4 is 5.91 Å². The molecule has 1 aliphatic carbocycles. The molecule has 0 aromatic heterocycles. The van der Waals surface area contributed by atoms with Crippen molar-refractivity contribution in [3.63, 3.8) is 0 Å². The SMILES string of the molecule is COc1ccc(CC(=O)N2CC[C@H](OCC3CC3)C2)cc1OC. The number of ether oxygens (including phenoxy) is 3. The zero-order valence-electron chi connectivity index (χ0n) is 13.9. The first-order chi connectivity index (χ1) is 11.2. The van der Waals surface area contributed by atoms with Gasteiger partial charge in [-0.15, -0.1) is 0 Å². The molecule has 1 aromatic rings. The molecule has 2 aliphatic rings. The van der Waals surface area contributed by atoms with Crippen LogP contribution in [-0.2, 0) is 16.0 Å². The zero-order chi connectivity index (χ0) is 16.2. The van der Waals surface area contributed by atoms with Crippen LogP contribution in [0, 0.1) is 5.92 Å². The van der Waals surface area contributed by atoms with Gasteiger partial charge in [-0.05, 0) is 42.9 Å². The minimum absolute atomic E-state index is 0.148. The summed E-state index contributed by atoms with van der Waals surface area (Å²) in [7, 11) is 3.21. The highest BCUT2D eigenvalue weighted by Crippen LogP contribution is 2.30. The Balaban J connectivity index is 1.52. The average Bonchev–Trinajstić information content (AvgIpc) is 3.28. The minimum Gasteiger partial charge on any atom is -0.493 e. The summed E-state index contributed by atoms with van der Waals surface area (Å²) in [6, 6.07) is 5.62. The van der Waals surface area contributed by atoms with E-state index in [2.05, 4.69) is 0 Å². The molecular formula is C18H25NO4. The van der Waals surface area contributed by atoms with Crippen molar-refractivity contribution in [3.05, 3.63) is 23.8 Å². The van der Waals surface area contributed by atoms with Crippen LogP contribution in [0.2, 0.25) is 0 Å². The van der Waals surface area contributed by atoms with E-state index < -0.39 is 0 Å². The monoisotopic (exact) mass is 319 g/mol. The molecule has 3 rings (SSSR count). The third-order valence-electron chi connectivity index (χ3n) is 4.57. The van der Waals surface area contributed by atoms with Crippen LogP contribution < -0.4 is 9.47 Å². The van der Waals surface area contributed by atoms with Gasteiger partial charge in [-0.3, -0.25) is 4.79 Å². The van der Waals surface area contributed by atoms with Crippen molar-refractivity contribution in [2.45, 2.75) is 31.8 Å². The Bertz CT molecular complexity index is 556. The van der Waals surface area contributed by atoms with Gasteiger partial charge in [0.25, 0.3) is 0 Å². The van der Waals surface area contributed by atoms with E-state index >= 15 is 0 Å². The van der Waals surface area contributed by atoms with Gasteiger partial charge in [-0.2, -0.15) is 0 Å². The summed E-state index contributed by atoms with van der Waals surface area (Å²) >= 11 is 0. The Labute approximate surface area is 137 Å². The van der Waals surface area contributed by atoms with Gasteiger partial charge in [-0.25, -0.2) is 0 Å². The fraction of sp³-hybridized carbons (Fsp3) is 0.611. The molecule has 0 spiro atoms. The van der Waals surface area contributed by atoms with E-state index in [0.29, 0.717) is 17.9 Å². The molecule has 1 aromatic carbocycles. The average molecular weight is 319 g/mol. The predicted molar refractivity (Wildman–Crippen MR) is 86.9 cm³/mol. The van der Waals surface area contributed by atoms with Gasteiger partial charge in [0.15, 0.2) is 11.5 Å². The van der Waals surface area contributed by atoms with E-state index in [1.54, 1.807) is 14.2 Å². The number of carbonyl (C=O) groups excluding carboxylic acids is 1.